The number of fused-ring (bicyclic) bond motifs is 3. The van der Waals surface area contributed by atoms with Crippen LogP contribution in [0.4, 0.5) is 4.79 Å². The fourth-order valence-electron chi connectivity index (χ4n) is 4.11. The number of rotatable bonds is 8. The minimum atomic E-state index is -1.18. The van der Waals surface area contributed by atoms with Crippen LogP contribution in [-0.2, 0) is 16.0 Å². The van der Waals surface area contributed by atoms with Gasteiger partial charge in [-0.05, 0) is 42.2 Å². The summed E-state index contributed by atoms with van der Waals surface area (Å²) in [5.41, 5.74) is 5.02. The third-order valence-electron chi connectivity index (χ3n) is 5.56. The molecule has 33 heavy (non-hydrogen) atoms. The monoisotopic (exact) mass is 446 g/mol. The summed E-state index contributed by atoms with van der Waals surface area (Å²) in [4.78, 5) is 28.6. The van der Waals surface area contributed by atoms with Gasteiger partial charge in [0.15, 0.2) is 0 Å². The second-order valence-corrected chi connectivity index (χ2v) is 8.20. The van der Waals surface area contributed by atoms with E-state index in [4.69, 9.17) is 9.47 Å². The smallest absolute Gasteiger partial charge is 0.407 e. The van der Waals surface area contributed by atoms with Crippen LogP contribution < -0.4 is 10.1 Å². The minimum absolute atomic E-state index is 0.0232. The van der Waals surface area contributed by atoms with Crippen molar-refractivity contribution in [3.8, 4) is 17.0 Å². The number of hydrogen-bond donors (Lipinski definition) is 2. The van der Waals surface area contributed by atoms with Crippen molar-refractivity contribution < 1.29 is 24.2 Å². The Bertz CT molecular complexity index is 1120. The van der Waals surface area contributed by atoms with Crippen LogP contribution in [-0.4, -0.2) is 40.9 Å². The first-order valence-electron chi connectivity index (χ1n) is 10.9. The van der Waals surface area contributed by atoms with Crippen molar-refractivity contribution >= 4 is 12.1 Å². The lowest BCUT2D eigenvalue weighted by Gasteiger charge is -2.19. The summed E-state index contributed by atoms with van der Waals surface area (Å²) in [7, 11) is 0. The van der Waals surface area contributed by atoms with Crippen LogP contribution in [0, 0.1) is 0 Å². The number of alkyl carbamates (subject to hydrolysis) is 1. The maximum Gasteiger partial charge on any atom is 0.407 e. The molecule has 2 N–H and O–H groups in total. The highest BCUT2D eigenvalue weighted by atomic mass is 16.5. The second-order valence-electron chi connectivity index (χ2n) is 8.20. The molecule has 0 radical (unpaired) electrons. The molecule has 0 saturated heterocycles. The molecule has 1 amide bonds. The SMILES string of the molecule is CC(C)Oc1ncccc1CC(NC(=O)OCC1c2ccccc2-c2ccccc21)C(=O)O. The summed E-state index contributed by atoms with van der Waals surface area (Å²) >= 11 is 0. The average molecular weight is 447 g/mol. The number of ether oxygens (including phenoxy) is 2. The van der Waals surface area contributed by atoms with Crippen LogP contribution in [0.15, 0.2) is 66.9 Å². The number of carbonyl (C=O) groups is 2. The highest BCUT2D eigenvalue weighted by Gasteiger charge is 2.30. The number of nitrogens with zero attached hydrogens (tertiary/aromatic N) is 1. The molecule has 4 rings (SSSR count). The Kier molecular flexibility index (Phi) is 6.58. The van der Waals surface area contributed by atoms with E-state index >= 15 is 0 Å². The van der Waals surface area contributed by atoms with Gasteiger partial charge in [-0.2, -0.15) is 0 Å². The lowest BCUT2D eigenvalue weighted by atomic mass is 9.98. The first kappa shape index (κ1) is 22.3. The molecule has 1 heterocycles. The third kappa shape index (κ3) is 4.98. The van der Waals surface area contributed by atoms with Gasteiger partial charge in [-0.25, -0.2) is 14.6 Å². The first-order chi connectivity index (χ1) is 15.9. The number of benzene rings is 2. The summed E-state index contributed by atoms with van der Waals surface area (Å²) in [6, 6.07) is 18.3. The number of nitrogens with one attached hydrogen (secondary N) is 1. The Morgan fingerprint density at radius 1 is 1.00 bits per heavy atom. The number of pyridine rings is 1. The molecular formula is C26H26N2O5. The van der Waals surface area contributed by atoms with Gasteiger partial charge in [0.1, 0.15) is 12.6 Å². The zero-order valence-corrected chi connectivity index (χ0v) is 18.5. The lowest BCUT2D eigenvalue weighted by molar-refractivity contribution is -0.139. The Morgan fingerprint density at radius 3 is 2.24 bits per heavy atom. The van der Waals surface area contributed by atoms with Crippen LogP contribution in [0.1, 0.15) is 36.5 Å². The van der Waals surface area contributed by atoms with E-state index in [2.05, 4.69) is 22.4 Å². The molecule has 7 nitrogen and oxygen atoms in total. The van der Waals surface area contributed by atoms with Gasteiger partial charge in [0.25, 0.3) is 0 Å². The summed E-state index contributed by atoms with van der Waals surface area (Å²) < 4.78 is 11.2. The standard InChI is InChI=1S/C26H26N2O5/c1-16(2)33-24-17(8-7-13-27-24)14-23(25(29)30)28-26(31)32-15-22-20-11-5-3-9-18(20)19-10-4-6-12-21(19)22/h3-13,16,22-23H,14-15H2,1-2H3,(H,28,31)(H,29,30). The van der Waals surface area contributed by atoms with Gasteiger partial charge in [-0.3, -0.25) is 0 Å². The number of aliphatic carboxylic acids is 1. The van der Waals surface area contributed by atoms with E-state index in [1.54, 1.807) is 18.3 Å². The predicted molar refractivity (Wildman–Crippen MR) is 123 cm³/mol. The Hall–Kier alpha value is -3.87. The van der Waals surface area contributed by atoms with Gasteiger partial charge >= 0.3 is 12.1 Å². The Labute approximate surface area is 192 Å². The van der Waals surface area contributed by atoms with E-state index in [-0.39, 0.29) is 25.0 Å². The highest BCUT2D eigenvalue weighted by Crippen LogP contribution is 2.44. The number of aromatic nitrogens is 1. The van der Waals surface area contributed by atoms with Gasteiger partial charge in [0.05, 0.1) is 6.10 Å². The molecule has 1 aliphatic carbocycles. The van der Waals surface area contributed by atoms with Crippen molar-refractivity contribution in [1.29, 1.82) is 0 Å². The van der Waals surface area contributed by atoms with Crippen LogP contribution in [0.2, 0.25) is 0 Å². The molecule has 1 aliphatic rings. The predicted octanol–water partition coefficient (Wildman–Crippen LogP) is 4.40. The number of carbonyl (C=O) groups excluding carboxylic acids is 1. The van der Waals surface area contributed by atoms with Gasteiger partial charge < -0.3 is 19.9 Å². The maximum absolute atomic E-state index is 12.5. The lowest BCUT2D eigenvalue weighted by Crippen LogP contribution is -2.43. The van der Waals surface area contributed by atoms with E-state index in [1.807, 2.05) is 50.2 Å². The van der Waals surface area contributed by atoms with E-state index in [0.29, 0.717) is 11.4 Å². The van der Waals surface area contributed by atoms with Gasteiger partial charge in [0.2, 0.25) is 5.88 Å². The molecule has 1 aromatic heterocycles. The number of amides is 1. The first-order valence-corrected chi connectivity index (χ1v) is 10.9. The quantitative estimate of drug-likeness (QED) is 0.532. The van der Waals surface area contributed by atoms with Gasteiger partial charge in [0, 0.05) is 24.1 Å². The highest BCUT2D eigenvalue weighted by molar-refractivity contribution is 5.81. The Morgan fingerprint density at radius 2 is 1.64 bits per heavy atom. The van der Waals surface area contributed by atoms with Crippen LogP contribution in [0.3, 0.4) is 0 Å². The van der Waals surface area contributed by atoms with Crippen molar-refractivity contribution in [2.24, 2.45) is 0 Å². The van der Waals surface area contributed by atoms with Crippen LogP contribution in [0.5, 0.6) is 5.88 Å². The third-order valence-corrected chi connectivity index (χ3v) is 5.56. The normalized spacial score (nSPS) is 13.2. The summed E-state index contributed by atoms with van der Waals surface area (Å²) in [6.45, 7) is 3.84. The van der Waals surface area contributed by atoms with Crippen molar-refractivity contribution in [3.63, 3.8) is 0 Å². The minimum Gasteiger partial charge on any atom is -0.480 e. The molecule has 7 heteroatoms. The van der Waals surface area contributed by atoms with E-state index in [1.165, 1.54) is 0 Å². The van der Waals surface area contributed by atoms with Gasteiger partial charge in [-0.1, -0.05) is 54.6 Å². The summed E-state index contributed by atoms with van der Waals surface area (Å²) in [6.07, 6.45) is 0.710. The van der Waals surface area contributed by atoms with E-state index in [0.717, 1.165) is 22.3 Å². The number of carboxylic acids is 1. The topological polar surface area (TPSA) is 97.8 Å². The van der Waals surface area contributed by atoms with Crippen molar-refractivity contribution in [2.75, 3.05) is 6.61 Å². The van der Waals surface area contributed by atoms with Crippen LogP contribution in [0.25, 0.3) is 11.1 Å². The molecular weight excluding hydrogens is 420 g/mol. The summed E-state index contributed by atoms with van der Waals surface area (Å²) in [5, 5.41) is 12.1. The van der Waals surface area contributed by atoms with Crippen molar-refractivity contribution in [1.82, 2.24) is 10.3 Å². The van der Waals surface area contributed by atoms with E-state index in [9.17, 15) is 14.7 Å². The maximum atomic E-state index is 12.5. The molecule has 1 atom stereocenters. The molecule has 0 bridgehead atoms. The molecule has 170 valence electrons. The largest absolute Gasteiger partial charge is 0.480 e. The molecule has 1 unspecified atom stereocenters. The molecule has 0 aliphatic heterocycles. The average Bonchev–Trinajstić information content (AvgIpc) is 3.12. The van der Waals surface area contributed by atoms with Crippen LogP contribution >= 0.6 is 0 Å². The zero-order chi connectivity index (χ0) is 23.4. The molecule has 3 aromatic rings. The molecule has 0 spiro atoms. The molecule has 0 saturated carbocycles. The van der Waals surface area contributed by atoms with Crippen molar-refractivity contribution in [2.45, 2.75) is 38.3 Å². The van der Waals surface area contributed by atoms with E-state index < -0.39 is 18.1 Å². The Balaban J connectivity index is 1.43. The van der Waals surface area contributed by atoms with Gasteiger partial charge in [-0.15, -0.1) is 0 Å². The zero-order valence-electron chi connectivity index (χ0n) is 18.5. The number of carboxylic acid groups (broad SMARTS) is 1. The van der Waals surface area contributed by atoms with Crippen molar-refractivity contribution in [3.05, 3.63) is 83.6 Å². The number of hydrogen-bond acceptors (Lipinski definition) is 5. The summed E-state index contributed by atoms with van der Waals surface area (Å²) in [5.74, 6) is -0.910. The second kappa shape index (κ2) is 9.73. The molecule has 2 aromatic carbocycles. The molecule has 0 fully saturated rings. The fourth-order valence-corrected chi connectivity index (χ4v) is 4.11. The fraction of sp³-hybridized carbons (Fsp3) is 0.269.